The molecule has 146 valence electrons. The predicted molar refractivity (Wildman–Crippen MR) is 110 cm³/mol. The minimum absolute atomic E-state index is 0.232. The van der Waals surface area contributed by atoms with Gasteiger partial charge in [0.05, 0.1) is 17.2 Å². The van der Waals surface area contributed by atoms with Crippen LogP contribution in [0.2, 0.25) is 10.0 Å². The van der Waals surface area contributed by atoms with E-state index in [1.165, 1.54) is 31.4 Å². The molecule has 29 heavy (non-hydrogen) atoms. The summed E-state index contributed by atoms with van der Waals surface area (Å²) in [6.45, 7) is 0. The molecular formula is C21H13Cl2FN2O3. The van der Waals surface area contributed by atoms with Crippen LogP contribution in [0.5, 0.6) is 5.75 Å². The lowest BCUT2D eigenvalue weighted by atomic mass is 10.2. The Morgan fingerprint density at radius 2 is 1.86 bits per heavy atom. The highest BCUT2D eigenvalue weighted by molar-refractivity contribution is 6.37. The monoisotopic (exact) mass is 430 g/mol. The first-order valence-electron chi connectivity index (χ1n) is 8.45. The first-order chi connectivity index (χ1) is 13.9. The van der Waals surface area contributed by atoms with Crippen LogP contribution in [0.1, 0.15) is 10.4 Å². The van der Waals surface area contributed by atoms with Gasteiger partial charge in [0.15, 0.2) is 11.3 Å². The molecule has 0 aliphatic rings. The third-order valence-corrected chi connectivity index (χ3v) is 4.74. The van der Waals surface area contributed by atoms with Gasteiger partial charge in [-0.05, 0) is 42.5 Å². The number of hydrogen-bond acceptors (Lipinski definition) is 4. The molecule has 0 saturated heterocycles. The summed E-state index contributed by atoms with van der Waals surface area (Å²) in [6, 6.07) is 13.9. The van der Waals surface area contributed by atoms with Crippen molar-refractivity contribution in [3.63, 3.8) is 0 Å². The zero-order chi connectivity index (χ0) is 20.5. The molecule has 4 rings (SSSR count). The highest BCUT2D eigenvalue weighted by Gasteiger charge is 2.15. The van der Waals surface area contributed by atoms with Gasteiger partial charge in [0.2, 0.25) is 5.89 Å². The maximum Gasteiger partial charge on any atom is 0.255 e. The highest BCUT2D eigenvalue weighted by atomic mass is 35.5. The van der Waals surface area contributed by atoms with E-state index in [2.05, 4.69) is 10.3 Å². The number of ether oxygens (including phenoxy) is 1. The van der Waals surface area contributed by atoms with E-state index in [4.69, 9.17) is 32.4 Å². The number of carbonyl (C=O) groups excluding carboxylic acids is 1. The van der Waals surface area contributed by atoms with Gasteiger partial charge >= 0.3 is 0 Å². The van der Waals surface area contributed by atoms with Crippen molar-refractivity contribution in [2.45, 2.75) is 0 Å². The van der Waals surface area contributed by atoms with E-state index in [1.54, 1.807) is 30.3 Å². The van der Waals surface area contributed by atoms with Gasteiger partial charge in [-0.3, -0.25) is 4.79 Å². The van der Waals surface area contributed by atoms with Gasteiger partial charge in [0.1, 0.15) is 11.3 Å². The second-order valence-corrected chi connectivity index (χ2v) is 6.95. The molecule has 0 aliphatic carbocycles. The number of aromatic nitrogens is 1. The van der Waals surface area contributed by atoms with E-state index < -0.39 is 5.91 Å². The molecular weight excluding hydrogens is 418 g/mol. The van der Waals surface area contributed by atoms with Crippen LogP contribution in [-0.4, -0.2) is 18.0 Å². The Bertz CT molecular complexity index is 1220. The van der Waals surface area contributed by atoms with Gasteiger partial charge < -0.3 is 14.5 Å². The van der Waals surface area contributed by atoms with Crippen LogP contribution in [0.4, 0.5) is 10.1 Å². The second kappa shape index (κ2) is 7.73. The summed E-state index contributed by atoms with van der Waals surface area (Å²) in [5, 5.41) is 3.22. The number of benzene rings is 3. The minimum Gasteiger partial charge on any atom is -0.494 e. The molecule has 1 amide bonds. The van der Waals surface area contributed by atoms with E-state index in [9.17, 15) is 9.18 Å². The average molecular weight is 431 g/mol. The van der Waals surface area contributed by atoms with E-state index in [0.29, 0.717) is 28.1 Å². The molecule has 1 heterocycles. The molecule has 0 unspecified atom stereocenters. The summed E-state index contributed by atoms with van der Waals surface area (Å²) in [4.78, 5) is 16.9. The zero-order valence-electron chi connectivity index (χ0n) is 15.0. The summed E-state index contributed by atoms with van der Waals surface area (Å²) in [7, 11) is 1.44. The fourth-order valence-corrected chi connectivity index (χ4v) is 3.48. The van der Waals surface area contributed by atoms with Crippen molar-refractivity contribution in [2.24, 2.45) is 0 Å². The molecule has 0 spiro atoms. The smallest absolute Gasteiger partial charge is 0.255 e. The van der Waals surface area contributed by atoms with Crippen LogP contribution in [0.15, 0.2) is 59.0 Å². The number of oxazole rings is 1. The first-order valence-corrected chi connectivity index (χ1v) is 9.21. The van der Waals surface area contributed by atoms with Crippen LogP contribution in [-0.2, 0) is 0 Å². The van der Waals surface area contributed by atoms with E-state index in [0.717, 1.165) is 0 Å². The number of halogens is 3. The standard InChI is InChI=1S/C21H13Cl2FN2O3/c1-28-19-15(22)8-12(9-16(19)23)20(27)25-14-5-6-17-18(10-14)29-21(26-17)11-3-2-4-13(24)7-11/h2-10H,1H3,(H,25,27). The van der Waals surface area contributed by atoms with Crippen LogP contribution in [0.3, 0.4) is 0 Å². The molecule has 0 bridgehead atoms. The lowest BCUT2D eigenvalue weighted by molar-refractivity contribution is 0.102. The number of hydrogen-bond donors (Lipinski definition) is 1. The van der Waals surface area contributed by atoms with E-state index >= 15 is 0 Å². The van der Waals surface area contributed by atoms with Crippen molar-refractivity contribution in [1.29, 1.82) is 0 Å². The average Bonchev–Trinajstić information content (AvgIpc) is 3.11. The van der Waals surface area contributed by atoms with Crippen LogP contribution >= 0.6 is 23.2 Å². The Hall–Kier alpha value is -3.09. The lowest BCUT2D eigenvalue weighted by Crippen LogP contribution is -2.12. The molecule has 0 radical (unpaired) electrons. The number of anilines is 1. The van der Waals surface area contributed by atoms with E-state index in [1.807, 2.05) is 0 Å². The Morgan fingerprint density at radius 3 is 2.55 bits per heavy atom. The van der Waals surface area contributed by atoms with Crippen molar-refractivity contribution in [2.75, 3.05) is 12.4 Å². The van der Waals surface area contributed by atoms with Gasteiger partial charge in [-0.25, -0.2) is 9.37 Å². The van der Waals surface area contributed by atoms with Gasteiger partial charge in [-0.2, -0.15) is 0 Å². The molecule has 1 aromatic heterocycles. The summed E-state index contributed by atoms with van der Waals surface area (Å²) in [5.74, 6) is -0.190. The number of nitrogens with zero attached hydrogens (tertiary/aromatic N) is 1. The topological polar surface area (TPSA) is 64.4 Å². The van der Waals surface area contributed by atoms with Crippen molar-refractivity contribution in [3.8, 4) is 17.2 Å². The van der Waals surface area contributed by atoms with Crippen molar-refractivity contribution in [3.05, 3.63) is 76.0 Å². The molecule has 1 N–H and O–H groups in total. The van der Waals surface area contributed by atoms with Gasteiger partial charge in [0, 0.05) is 22.9 Å². The van der Waals surface area contributed by atoms with Crippen molar-refractivity contribution in [1.82, 2.24) is 4.98 Å². The van der Waals surface area contributed by atoms with Crippen molar-refractivity contribution < 1.29 is 18.3 Å². The Kier molecular flexibility index (Phi) is 5.13. The van der Waals surface area contributed by atoms with Crippen LogP contribution in [0.25, 0.3) is 22.6 Å². The molecule has 3 aromatic carbocycles. The van der Waals surface area contributed by atoms with Gasteiger partial charge in [-0.15, -0.1) is 0 Å². The first kappa shape index (κ1) is 19.2. The lowest BCUT2D eigenvalue weighted by Gasteiger charge is -2.09. The molecule has 0 saturated carbocycles. The van der Waals surface area contributed by atoms with Crippen LogP contribution < -0.4 is 10.1 Å². The Labute approximate surface area is 175 Å². The fourth-order valence-electron chi connectivity index (χ4n) is 2.84. The molecule has 5 nitrogen and oxygen atoms in total. The Morgan fingerprint density at radius 1 is 1.10 bits per heavy atom. The number of carbonyl (C=O) groups is 1. The molecule has 0 aliphatic heterocycles. The molecule has 4 aromatic rings. The maximum atomic E-state index is 13.4. The maximum absolute atomic E-state index is 13.4. The third kappa shape index (κ3) is 3.90. The Balaban J connectivity index is 1.61. The van der Waals surface area contributed by atoms with Crippen LogP contribution in [0, 0.1) is 5.82 Å². The largest absolute Gasteiger partial charge is 0.494 e. The molecule has 0 fully saturated rings. The fraction of sp³-hybridized carbons (Fsp3) is 0.0476. The van der Waals surface area contributed by atoms with Crippen molar-refractivity contribution >= 4 is 45.9 Å². The molecule has 8 heteroatoms. The SMILES string of the molecule is COc1c(Cl)cc(C(=O)Nc2ccc3nc(-c4cccc(F)c4)oc3c2)cc1Cl. The quantitative estimate of drug-likeness (QED) is 0.418. The molecule has 0 atom stereocenters. The number of methoxy groups -OCH3 is 1. The normalized spacial score (nSPS) is 10.9. The van der Waals surface area contributed by atoms with Gasteiger partial charge in [-0.1, -0.05) is 29.3 Å². The van der Waals surface area contributed by atoms with Gasteiger partial charge in [0.25, 0.3) is 5.91 Å². The number of nitrogens with one attached hydrogen (secondary N) is 1. The summed E-state index contributed by atoms with van der Waals surface area (Å²) in [6.07, 6.45) is 0. The summed E-state index contributed by atoms with van der Waals surface area (Å²) < 4.78 is 24.2. The summed E-state index contributed by atoms with van der Waals surface area (Å²) >= 11 is 12.2. The highest BCUT2D eigenvalue weighted by Crippen LogP contribution is 2.34. The zero-order valence-corrected chi connectivity index (χ0v) is 16.5. The summed E-state index contributed by atoms with van der Waals surface area (Å²) in [5.41, 5.74) is 2.33. The minimum atomic E-state index is -0.402. The number of amides is 1. The predicted octanol–water partition coefficient (Wildman–Crippen LogP) is 6.20. The second-order valence-electron chi connectivity index (χ2n) is 6.14. The number of rotatable bonds is 4. The third-order valence-electron chi connectivity index (χ3n) is 4.18. The van der Waals surface area contributed by atoms with E-state index in [-0.39, 0.29) is 27.3 Å². The number of fused-ring (bicyclic) bond motifs is 1.